The molecule has 1 aliphatic heterocycles. The zero-order chi connectivity index (χ0) is 23.7. The maximum atomic E-state index is 13.7. The van der Waals surface area contributed by atoms with Gasteiger partial charge in [-0.25, -0.2) is 4.98 Å². The molecule has 0 aliphatic carbocycles. The fourth-order valence-corrected chi connectivity index (χ4v) is 5.88. The quantitative estimate of drug-likeness (QED) is 0.247. The van der Waals surface area contributed by atoms with Crippen LogP contribution in [0.2, 0.25) is 0 Å². The molecule has 0 atom stereocenters. The second-order valence-electron chi connectivity index (χ2n) is 7.83. The Balaban J connectivity index is 0.00000289. The number of hydrogen-bond acceptors (Lipinski definition) is 9. The molecule has 2 aromatic carbocycles. The van der Waals surface area contributed by atoms with E-state index in [9.17, 15) is 14.9 Å². The number of carbonyl (C=O) groups excluding carboxylic acids is 1. The van der Waals surface area contributed by atoms with Gasteiger partial charge in [0.1, 0.15) is 5.75 Å². The van der Waals surface area contributed by atoms with E-state index < -0.39 is 4.92 Å². The lowest BCUT2D eigenvalue weighted by molar-refractivity contribution is -0.384. The van der Waals surface area contributed by atoms with Gasteiger partial charge in [0.15, 0.2) is 5.13 Å². The Kier molecular flexibility index (Phi) is 7.82. The number of amides is 1. The molecule has 1 aliphatic rings. The average Bonchev–Trinajstić information content (AvgIpc) is 3.47. The van der Waals surface area contributed by atoms with Gasteiger partial charge < -0.3 is 9.47 Å². The molecule has 0 saturated carbocycles. The normalized spacial score (nSPS) is 14.1. The third-order valence-corrected chi connectivity index (χ3v) is 7.87. The Morgan fingerprint density at radius 1 is 1.17 bits per heavy atom. The smallest absolute Gasteiger partial charge is 0.270 e. The lowest BCUT2D eigenvalue weighted by atomic mass is 10.2. The van der Waals surface area contributed by atoms with Gasteiger partial charge in [0.25, 0.3) is 11.6 Å². The minimum absolute atomic E-state index is 0. The summed E-state index contributed by atoms with van der Waals surface area (Å²) in [6.45, 7) is 4.19. The molecule has 0 unspecified atom stereocenters. The zero-order valence-electron chi connectivity index (χ0n) is 18.8. The summed E-state index contributed by atoms with van der Waals surface area (Å²) in [5.74, 6) is 0.572. The molecule has 12 heteroatoms. The van der Waals surface area contributed by atoms with E-state index in [0.29, 0.717) is 41.7 Å². The van der Waals surface area contributed by atoms with E-state index >= 15 is 0 Å². The van der Waals surface area contributed by atoms with Gasteiger partial charge in [-0.2, -0.15) is 0 Å². The highest BCUT2D eigenvalue weighted by Crippen LogP contribution is 2.34. The molecular formula is C23H23ClN4O5S2. The van der Waals surface area contributed by atoms with Crippen LogP contribution in [-0.2, 0) is 4.74 Å². The van der Waals surface area contributed by atoms with Crippen LogP contribution in [0.4, 0.5) is 10.8 Å². The maximum Gasteiger partial charge on any atom is 0.270 e. The Labute approximate surface area is 215 Å². The van der Waals surface area contributed by atoms with Crippen molar-refractivity contribution < 1.29 is 19.2 Å². The van der Waals surface area contributed by atoms with Gasteiger partial charge in [-0.3, -0.25) is 24.7 Å². The van der Waals surface area contributed by atoms with Crippen LogP contribution in [-0.4, -0.2) is 67.2 Å². The van der Waals surface area contributed by atoms with E-state index in [0.717, 1.165) is 33.8 Å². The van der Waals surface area contributed by atoms with Crippen molar-refractivity contribution in [2.24, 2.45) is 0 Å². The number of rotatable bonds is 7. The van der Waals surface area contributed by atoms with Gasteiger partial charge in [-0.05, 0) is 30.3 Å². The van der Waals surface area contributed by atoms with E-state index in [1.165, 1.54) is 34.8 Å². The van der Waals surface area contributed by atoms with Crippen molar-refractivity contribution in [3.05, 3.63) is 57.5 Å². The van der Waals surface area contributed by atoms with E-state index in [2.05, 4.69) is 4.90 Å². The van der Waals surface area contributed by atoms with E-state index in [-0.39, 0.29) is 24.0 Å². The van der Waals surface area contributed by atoms with Crippen LogP contribution >= 0.6 is 35.1 Å². The molecule has 3 heterocycles. The number of ether oxygens (including phenoxy) is 2. The molecule has 1 amide bonds. The number of nitrogens with zero attached hydrogens (tertiary/aromatic N) is 4. The number of methoxy groups -OCH3 is 1. The summed E-state index contributed by atoms with van der Waals surface area (Å²) in [7, 11) is 1.62. The number of thiophene rings is 1. The minimum Gasteiger partial charge on any atom is -0.497 e. The highest BCUT2D eigenvalue weighted by molar-refractivity contribution is 7.23. The lowest BCUT2D eigenvalue weighted by Gasteiger charge is -2.29. The van der Waals surface area contributed by atoms with Crippen LogP contribution in [0, 0.1) is 10.1 Å². The van der Waals surface area contributed by atoms with Crippen molar-refractivity contribution in [3.63, 3.8) is 0 Å². The van der Waals surface area contributed by atoms with E-state index in [4.69, 9.17) is 14.5 Å². The first-order chi connectivity index (χ1) is 16.5. The van der Waals surface area contributed by atoms with Gasteiger partial charge >= 0.3 is 0 Å². The number of carbonyl (C=O) groups is 1. The van der Waals surface area contributed by atoms with Crippen LogP contribution in [0.15, 0.2) is 42.5 Å². The molecule has 1 saturated heterocycles. The number of morpholine rings is 1. The summed E-state index contributed by atoms with van der Waals surface area (Å²) in [4.78, 5) is 33.7. The summed E-state index contributed by atoms with van der Waals surface area (Å²) in [6, 6.07) is 12.0. The monoisotopic (exact) mass is 534 g/mol. The molecule has 9 nitrogen and oxygen atoms in total. The molecule has 184 valence electrons. The minimum atomic E-state index is -0.428. The topological polar surface area (TPSA) is 98.0 Å². The van der Waals surface area contributed by atoms with Gasteiger partial charge in [-0.1, -0.05) is 11.3 Å². The fraction of sp³-hybridized carbons (Fsp3) is 0.304. The largest absolute Gasteiger partial charge is 0.497 e. The number of benzene rings is 2. The summed E-state index contributed by atoms with van der Waals surface area (Å²) in [5.41, 5.74) is 0.811. The van der Waals surface area contributed by atoms with Crippen molar-refractivity contribution in [1.82, 2.24) is 9.88 Å². The van der Waals surface area contributed by atoms with E-state index in [1.54, 1.807) is 24.1 Å². The standard InChI is InChI=1S/C23H22N4O5S2.ClH/c1-31-17-3-4-18-20(14-17)34-23(24-18)26(7-6-25-8-10-32-11-9-25)22(28)21-13-15-12-16(27(29)30)2-5-19(15)33-21;/h2-5,12-14H,6-11H2,1H3;1H. The van der Waals surface area contributed by atoms with Crippen LogP contribution in [0.3, 0.4) is 0 Å². The number of thiazole rings is 1. The Hall–Kier alpha value is -2.83. The molecule has 4 aromatic rings. The first-order valence-electron chi connectivity index (χ1n) is 10.8. The Morgan fingerprint density at radius 2 is 1.97 bits per heavy atom. The first kappa shape index (κ1) is 25.3. The number of nitro groups is 1. The van der Waals surface area contributed by atoms with Crippen LogP contribution in [0.1, 0.15) is 9.67 Å². The van der Waals surface area contributed by atoms with Gasteiger partial charge in [0.05, 0.1) is 40.3 Å². The Morgan fingerprint density at radius 3 is 2.71 bits per heavy atom. The third kappa shape index (κ3) is 5.39. The van der Waals surface area contributed by atoms with Crippen molar-refractivity contribution in [3.8, 4) is 5.75 Å². The molecular weight excluding hydrogens is 512 g/mol. The van der Waals surface area contributed by atoms with E-state index in [1.807, 2.05) is 18.2 Å². The highest BCUT2D eigenvalue weighted by Gasteiger charge is 2.25. The number of fused-ring (bicyclic) bond motifs is 2. The number of anilines is 1. The SMILES string of the molecule is COc1ccc2nc(N(CCN3CCOCC3)C(=O)c3cc4cc([N+](=O)[O-])ccc4s3)sc2c1.Cl. The predicted molar refractivity (Wildman–Crippen MR) is 141 cm³/mol. The molecule has 35 heavy (non-hydrogen) atoms. The van der Waals surface area contributed by atoms with Gasteiger partial charge in [0.2, 0.25) is 0 Å². The summed E-state index contributed by atoms with van der Waals surface area (Å²) in [6.07, 6.45) is 0. The predicted octanol–water partition coefficient (Wildman–Crippen LogP) is 4.83. The summed E-state index contributed by atoms with van der Waals surface area (Å²) in [5, 5.41) is 12.5. The van der Waals surface area contributed by atoms with Crippen molar-refractivity contribution >= 4 is 72.1 Å². The average molecular weight is 535 g/mol. The zero-order valence-corrected chi connectivity index (χ0v) is 21.3. The van der Waals surface area contributed by atoms with Gasteiger partial charge in [0, 0.05) is 48.4 Å². The summed E-state index contributed by atoms with van der Waals surface area (Å²) < 4.78 is 12.5. The molecule has 5 rings (SSSR count). The molecule has 2 aromatic heterocycles. The lowest BCUT2D eigenvalue weighted by Crippen LogP contribution is -2.43. The number of non-ortho nitro benzene ring substituents is 1. The van der Waals surface area contributed by atoms with Crippen LogP contribution < -0.4 is 9.64 Å². The number of nitro benzene ring substituents is 1. The molecule has 0 spiro atoms. The second-order valence-corrected chi connectivity index (χ2v) is 9.92. The molecule has 0 N–H and O–H groups in total. The van der Waals surface area contributed by atoms with Crippen molar-refractivity contribution in [2.45, 2.75) is 0 Å². The number of hydrogen-bond donors (Lipinski definition) is 0. The van der Waals surface area contributed by atoms with Crippen molar-refractivity contribution in [1.29, 1.82) is 0 Å². The Bertz CT molecular complexity index is 1370. The molecule has 1 fully saturated rings. The van der Waals surface area contributed by atoms with Crippen molar-refractivity contribution in [2.75, 3.05) is 51.4 Å². The number of aromatic nitrogens is 1. The molecule has 0 radical (unpaired) electrons. The maximum absolute atomic E-state index is 13.7. The first-order valence-corrected chi connectivity index (χ1v) is 12.4. The molecule has 0 bridgehead atoms. The fourth-order valence-electron chi connectivity index (χ4n) is 3.87. The highest BCUT2D eigenvalue weighted by atomic mass is 35.5. The van der Waals surface area contributed by atoms with Crippen LogP contribution in [0.5, 0.6) is 5.75 Å². The number of halogens is 1. The van der Waals surface area contributed by atoms with Crippen LogP contribution in [0.25, 0.3) is 20.3 Å². The third-order valence-electron chi connectivity index (χ3n) is 5.73. The second kappa shape index (κ2) is 10.8. The summed E-state index contributed by atoms with van der Waals surface area (Å²) >= 11 is 2.78. The van der Waals surface area contributed by atoms with Gasteiger partial charge in [-0.15, -0.1) is 23.7 Å².